The van der Waals surface area contributed by atoms with E-state index in [9.17, 15) is 24.5 Å². The topological polar surface area (TPSA) is 137 Å². The lowest BCUT2D eigenvalue weighted by molar-refractivity contribution is -0.384. The minimum atomic E-state index is -1.14. The molecule has 0 aliphatic heterocycles. The van der Waals surface area contributed by atoms with Gasteiger partial charge in [-0.05, 0) is 30.7 Å². The van der Waals surface area contributed by atoms with Crippen LogP contribution in [0, 0.1) is 10.1 Å². The number of rotatable bonds is 8. The van der Waals surface area contributed by atoms with E-state index in [2.05, 4.69) is 10.6 Å². The number of benzene rings is 2. The molecule has 2 amide bonds. The number of non-ortho nitro benzene ring substituents is 1. The van der Waals surface area contributed by atoms with E-state index in [1.807, 2.05) is 0 Å². The molecule has 0 aliphatic carbocycles. The number of amides is 2. The molecule has 1 atom stereocenters. The Hall–Kier alpha value is -3.95. The maximum atomic E-state index is 12.3. The molecular formula is C20H21N3O7. The van der Waals surface area contributed by atoms with Crippen molar-refractivity contribution in [2.45, 2.75) is 26.4 Å². The number of nitro groups is 1. The van der Waals surface area contributed by atoms with E-state index in [1.165, 1.54) is 33.1 Å². The Labute approximate surface area is 172 Å². The molecule has 0 fully saturated rings. The number of esters is 1. The van der Waals surface area contributed by atoms with Crippen LogP contribution in [0.15, 0.2) is 42.5 Å². The summed E-state index contributed by atoms with van der Waals surface area (Å²) in [5.74, 6) is -1.27. The second kappa shape index (κ2) is 10.0. The van der Waals surface area contributed by atoms with Crippen molar-refractivity contribution < 1.29 is 28.8 Å². The molecular weight excluding hydrogens is 394 g/mol. The van der Waals surface area contributed by atoms with E-state index in [1.54, 1.807) is 24.3 Å². The van der Waals surface area contributed by atoms with Crippen LogP contribution in [-0.2, 0) is 25.5 Å². The number of nitro benzene ring substituents is 1. The highest BCUT2D eigenvalue weighted by atomic mass is 16.6. The number of anilines is 2. The van der Waals surface area contributed by atoms with Crippen LogP contribution < -0.4 is 15.4 Å². The van der Waals surface area contributed by atoms with Gasteiger partial charge < -0.3 is 20.1 Å². The fourth-order valence-corrected chi connectivity index (χ4v) is 2.51. The summed E-state index contributed by atoms with van der Waals surface area (Å²) in [6.07, 6.45) is -1.21. The fourth-order valence-electron chi connectivity index (χ4n) is 2.51. The summed E-state index contributed by atoms with van der Waals surface area (Å²) < 4.78 is 10.2. The second-order valence-electron chi connectivity index (χ2n) is 6.32. The summed E-state index contributed by atoms with van der Waals surface area (Å²) in [6.45, 7) is 2.78. The fraction of sp³-hybridized carbons (Fsp3) is 0.250. The van der Waals surface area contributed by atoms with Gasteiger partial charge in [-0.15, -0.1) is 0 Å². The lowest BCUT2D eigenvalue weighted by Crippen LogP contribution is -2.30. The van der Waals surface area contributed by atoms with Gasteiger partial charge in [-0.25, -0.2) is 0 Å². The molecule has 2 aromatic carbocycles. The molecule has 0 unspecified atom stereocenters. The van der Waals surface area contributed by atoms with E-state index < -0.39 is 22.9 Å². The maximum Gasteiger partial charge on any atom is 0.311 e. The summed E-state index contributed by atoms with van der Waals surface area (Å²) in [7, 11) is 1.36. The van der Waals surface area contributed by atoms with Gasteiger partial charge in [-0.2, -0.15) is 0 Å². The molecule has 0 aromatic heterocycles. The first kappa shape index (κ1) is 22.3. The third kappa shape index (κ3) is 6.30. The average Bonchev–Trinajstić information content (AvgIpc) is 2.68. The summed E-state index contributed by atoms with van der Waals surface area (Å²) in [4.78, 5) is 45.8. The first-order valence-electron chi connectivity index (χ1n) is 8.89. The molecule has 2 aromatic rings. The van der Waals surface area contributed by atoms with Crippen LogP contribution in [0.2, 0.25) is 0 Å². The Morgan fingerprint density at radius 3 is 2.33 bits per heavy atom. The Kier molecular flexibility index (Phi) is 7.45. The van der Waals surface area contributed by atoms with Crippen LogP contribution in [0.1, 0.15) is 19.4 Å². The number of hydrogen-bond acceptors (Lipinski definition) is 7. The average molecular weight is 415 g/mol. The molecule has 0 spiro atoms. The minimum absolute atomic E-state index is 0.0713. The molecule has 0 heterocycles. The Morgan fingerprint density at radius 2 is 1.77 bits per heavy atom. The molecule has 2 N–H and O–H groups in total. The first-order valence-corrected chi connectivity index (χ1v) is 8.89. The van der Waals surface area contributed by atoms with Gasteiger partial charge in [-0.1, -0.05) is 12.1 Å². The predicted molar refractivity (Wildman–Crippen MR) is 108 cm³/mol. The number of nitrogens with one attached hydrogen (secondary N) is 2. The Morgan fingerprint density at radius 1 is 1.10 bits per heavy atom. The lowest BCUT2D eigenvalue weighted by Gasteiger charge is -2.15. The Balaban J connectivity index is 1.97. The molecule has 0 bridgehead atoms. The highest BCUT2D eigenvalue weighted by Crippen LogP contribution is 2.29. The van der Waals surface area contributed by atoms with Crippen LogP contribution in [0.4, 0.5) is 17.1 Å². The van der Waals surface area contributed by atoms with Gasteiger partial charge in [0.15, 0.2) is 6.10 Å². The van der Waals surface area contributed by atoms with E-state index in [0.717, 1.165) is 6.07 Å². The van der Waals surface area contributed by atoms with Crippen molar-refractivity contribution in [2.75, 3.05) is 17.7 Å². The summed E-state index contributed by atoms with van der Waals surface area (Å²) >= 11 is 0. The third-order valence-corrected chi connectivity index (χ3v) is 3.95. The van der Waals surface area contributed by atoms with Crippen LogP contribution >= 0.6 is 0 Å². The number of hydrogen-bond donors (Lipinski definition) is 2. The highest BCUT2D eigenvalue weighted by Gasteiger charge is 2.21. The molecule has 0 saturated heterocycles. The van der Waals surface area contributed by atoms with Crippen molar-refractivity contribution in [2.24, 2.45) is 0 Å². The lowest BCUT2D eigenvalue weighted by atomic mass is 10.1. The minimum Gasteiger partial charge on any atom is -0.495 e. The number of methoxy groups -OCH3 is 1. The highest BCUT2D eigenvalue weighted by molar-refractivity contribution is 5.96. The monoisotopic (exact) mass is 415 g/mol. The van der Waals surface area contributed by atoms with Crippen LogP contribution in [0.3, 0.4) is 0 Å². The summed E-state index contributed by atoms with van der Waals surface area (Å²) in [5, 5.41) is 16.0. The predicted octanol–water partition coefficient (Wildman–Crippen LogP) is 2.67. The van der Waals surface area contributed by atoms with Crippen molar-refractivity contribution in [1.29, 1.82) is 0 Å². The van der Waals surface area contributed by atoms with Gasteiger partial charge in [0.1, 0.15) is 5.75 Å². The zero-order chi connectivity index (χ0) is 22.3. The van der Waals surface area contributed by atoms with Gasteiger partial charge in [0.25, 0.3) is 11.6 Å². The second-order valence-corrected chi connectivity index (χ2v) is 6.32. The van der Waals surface area contributed by atoms with Crippen molar-refractivity contribution in [1.82, 2.24) is 0 Å². The van der Waals surface area contributed by atoms with Crippen molar-refractivity contribution in [3.63, 3.8) is 0 Å². The molecule has 158 valence electrons. The van der Waals surface area contributed by atoms with Gasteiger partial charge in [0, 0.05) is 24.7 Å². The van der Waals surface area contributed by atoms with Crippen LogP contribution in [0.5, 0.6) is 5.75 Å². The molecule has 0 radical (unpaired) electrons. The van der Waals surface area contributed by atoms with Crippen LogP contribution in [-0.4, -0.2) is 35.9 Å². The maximum absolute atomic E-state index is 12.3. The van der Waals surface area contributed by atoms with Crippen LogP contribution in [0.25, 0.3) is 0 Å². The van der Waals surface area contributed by atoms with Crippen molar-refractivity contribution in [3.8, 4) is 5.75 Å². The SMILES string of the molecule is COc1ccc([N+](=O)[O-])cc1NC(=O)[C@H](C)OC(=O)Cc1ccc(NC(C)=O)cc1. The normalized spacial score (nSPS) is 11.2. The standard InChI is InChI=1S/C20H21N3O7/c1-12(20(26)22-17-11-16(23(27)28)8-9-18(17)29-3)30-19(25)10-14-4-6-15(7-5-14)21-13(2)24/h4-9,11-12H,10H2,1-3H3,(H,21,24)(H,22,26)/t12-/m0/s1. The largest absolute Gasteiger partial charge is 0.495 e. The quantitative estimate of drug-likeness (QED) is 0.384. The van der Waals surface area contributed by atoms with Gasteiger partial charge in [0.05, 0.1) is 24.1 Å². The van der Waals surface area contributed by atoms with Gasteiger partial charge in [0.2, 0.25) is 5.91 Å². The molecule has 30 heavy (non-hydrogen) atoms. The zero-order valence-electron chi connectivity index (χ0n) is 16.6. The molecule has 0 aliphatic rings. The summed E-state index contributed by atoms with van der Waals surface area (Å²) in [6, 6.07) is 10.4. The van der Waals surface area contributed by atoms with E-state index in [-0.39, 0.29) is 29.5 Å². The zero-order valence-corrected chi connectivity index (χ0v) is 16.6. The smallest absolute Gasteiger partial charge is 0.311 e. The van der Waals surface area contributed by atoms with Crippen molar-refractivity contribution in [3.05, 3.63) is 58.1 Å². The van der Waals surface area contributed by atoms with E-state index in [0.29, 0.717) is 11.3 Å². The van der Waals surface area contributed by atoms with E-state index in [4.69, 9.17) is 9.47 Å². The van der Waals surface area contributed by atoms with Gasteiger partial charge in [-0.3, -0.25) is 24.5 Å². The van der Waals surface area contributed by atoms with Gasteiger partial charge >= 0.3 is 5.97 Å². The number of nitrogens with zero attached hydrogens (tertiary/aromatic N) is 1. The van der Waals surface area contributed by atoms with Crippen molar-refractivity contribution >= 4 is 34.8 Å². The number of carbonyl (C=O) groups excluding carboxylic acids is 3. The molecule has 0 saturated carbocycles. The summed E-state index contributed by atoms with van der Waals surface area (Å²) in [5.41, 5.74) is 1.10. The molecule has 10 nitrogen and oxygen atoms in total. The molecule has 10 heteroatoms. The number of ether oxygens (including phenoxy) is 2. The number of carbonyl (C=O) groups is 3. The Bertz CT molecular complexity index is 957. The molecule has 2 rings (SSSR count). The third-order valence-electron chi connectivity index (χ3n) is 3.95. The van der Waals surface area contributed by atoms with E-state index >= 15 is 0 Å². The first-order chi connectivity index (χ1) is 14.2.